The summed E-state index contributed by atoms with van der Waals surface area (Å²) in [6, 6.07) is 4.62. The molecule has 3 aromatic rings. The van der Waals surface area contributed by atoms with E-state index in [0.717, 1.165) is 22.5 Å². The van der Waals surface area contributed by atoms with Crippen LogP contribution in [0.15, 0.2) is 43.0 Å². The lowest BCUT2D eigenvalue weighted by Gasteiger charge is -2.25. The Labute approximate surface area is 185 Å². The SMILES string of the molecule is CC(C)(C)OC(=O)CCC(C(N)=O)N1Cc2cc(-c3cnc4cnccn34)ccc2C1=O. The zero-order valence-corrected chi connectivity index (χ0v) is 18.2. The first-order valence-electron chi connectivity index (χ1n) is 10.4. The Kier molecular flexibility index (Phi) is 5.41. The summed E-state index contributed by atoms with van der Waals surface area (Å²) in [5.74, 6) is -1.36. The van der Waals surface area contributed by atoms with Gasteiger partial charge in [-0.25, -0.2) is 4.98 Å². The van der Waals surface area contributed by atoms with Crippen molar-refractivity contribution in [2.75, 3.05) is 0 Å². The minimum Gasteiger partial charge on any atom is -0.460 e. The van der Waals surface area contributed by atoms with Gasteiger partial charge in [-0.15, -0.1) is 0 Å². The van der Waals surface area contributed by atoms with Crippen molar-refractivity contribution in [3.8, 4) is 11.3 Å². The number of amides is 2. The highest BCUT2D eigenvalue weighted by Gasteiger charge is 2.36. The van der Waals surface area contributed by atoms with Crippen LogP contribution in [0.3, 0.4) is 0 Å². The normalized spacial score (nSPS) is 14.5. The Balaban J connectivity index is 1.55. The number of hydrogen-bond donors (Lipinski definition) is 1. The monoisotopic (exact) mass is 435 g/mol. The molecule has 0 bridgehead atoms. The summed E-state index contributed by atoms with van der Waals surface area (Å²) < 4.78 is 7.22. The third-order valence-corrected chi connectivity index (χ3v) is 5.30. The molecular weight excluding hydrogens is 410 g/mol. The van der Waals surface area contributed by atoms with E-state index in [0.29, 0.717) is 5.56 Å². The molecule has 1 atom stereocenters. The number of aromatic nitrogens is 3. The van der Waals surface area contributed by atoms with Crippen molar-refractivity contribution in [1.82, 2.24) is 19.3 Å². The van der Waals surface area contributed by atoms with Crippen molar-refractivity contribution < 1.29 is 19.1 Å². The molecule has 1 aromatic carbocycles. The van der Waals surface area contributed by atoms with Gasteiger partial charge in [0.25, 0.3) is 5.91 Å². The number of primary amides is 1. The molecule has 9 heteroatoms. The topological polar surface area (TPSA) is 120 Å². The van der Waals surface area contributed by atoms with Crippen LogP contribution < -0.4 is 5.73 Å². The van der Waals surface area contributed by atoms with Gasteiger partial charge in [-0.3, -0.25) is 23.8 Å². The number of carbonyl (C=O) groups is 3. The molecule has 3 heterocycles. The van der Waals surface area contributed by atoms with E-state index in [1.807, 2.05) is 22.7 Å². The molecule has 2 aromatic heterocycles. The maximum atomic E-state index is 13.0. The summed E-state index contributed by atoms with van der Waals surface area (Å²) >= 11 is 0. The van der Waals surface area contributed by atoms with Crippen molar-refractivity contribution >= 4 is 23.4 Å². The fourth-order valence-electron chi connectivity index (χ4n) is 3.91. The van der Waals surface area contributed by atoms with E-state index in [1.165, 1.54) is 4.90 Å². The quantitative estimate of drug-likeness (QED) is 0.594. The number of imidazole rings is 1. The average Bonchev–Trinajstić information content (AvgIpc) is 3.28. The average molecular weight is 435 g/mol. The van der Waals surface area contributed by atoms with Crippen LogP contribution in [0.5, 0.6) is 0 Å². The van der Waals surface area contributed by atoms with E-state index in [1.54, 1.807) is 45.4 Å². The predicted molar refractivity (Wildman–Crippen MR) is 116 cm³/mol. The van der Waals surface area contributed by atoms with Crippen molar-refractivity contribution in [3.63, 3.8) is 0 Å². The Morgan fingerprint density at radius 2 is 2.03 bits per heavy atom. The molecule has 0 saturated carbocycles. The van der Waals surface area contributed by atoms with Crippen molar-refractivity contribution in [2.45, 2.75) is 51.8 Å². The second kappa shape index (κ2) is 8.07. The van der Waals surface area contributed by atoms with Crippen molar-refractivity contribution in [3.05, 3.63) is 54.1 Å². The summed E-state index contributed by atoms with van der Waals surface area (Å²) in [5, 5.41) is 0. The maximum absolute atomic E-state index is 13.0. The van der Waals surface area contributed by atoms with Crippen LogP contribution in [0.2, 0.25) is 0 Å². The highest BCUT2D eigenvalue weighted by Crippen LogP contribution is 2.31. The summed E-state index contributed by atoms with van der Waals surface area (Å²) in [6.07, 6.45) is 7.02. The summed E-state index contributed by atoms with van der Waals surface area (Å²) in [6.45, 7) is 5.56. The Morgan fingerprint density at radius 1 is 1.25 bits per heavy atom. The Hall–Kier alpha value is -3.75. The van der Waals surface area contributed by atoms with Gasteiger partial charge < -0.3 is 15.4 Å². The molecule has 1 aliphatic heterocycles. The second-order valence-corrected chi connectivity index (χ2v) is 8.80. The number of rotatable bonds is 6. The molecule has 2 amide bonds. The van der Waals surface area contributed by atoms with E-state index in [2.05, 4.69) is 9.97 Å². The van der Waals surface area contributed by atoms with Gasteiger partial charge >= 0.3 is 5.97 Å². The van der Waals surface area contributed by atoms with E-state index in [4.69, 9.17) is 10.5 Å². The van der Waals surface area contributed by atoms with Crippen LogP contribution in [-0.4, -0.2) is 48.7 Å². The zero-order valence-electron chi connectivity index (χ0n) is 18.2. The molecule has 2 N–H and O–H groups in total. The lowest BCUT2D eigenvalue weighted by molar-refractivity contribution is -0.155. The summed E-state index contributed by atoms with van der Waals surface area (Å²) in [4.78, 5) is 47.1. The van der Waals surface area contributed by atoms with E-state index in [-0.39, 0.29) is 25.3 Å². The number of hydrogen-bond acceptors (Lipinski definition) is 6. The van der Waals surface area contributed by atoms with Gasteiger partial charge in [-0.1, -0.05) is 6.07 Å². The van der Waals surface area contributed by atoms with Crippen LogP contribution in [0.1, 0.15) is 49.5 Å². The van der Waals surface area contributed by atoms with E-state index in [9.17, 15) is 14.4 Å². The summed E-state index contributed by atoms with van der Waals surface area (Å²) in [5.41, 5.74) is 8.76. The number of fused-ring (bicyclic) bond motifs is 2. The molecule has 0 aliphatic carbocycles. The fraction of sp³-hybridized carbons (Fsp3) is 0.348. The molecule has 32 heavy (non-hydrogen) atoms. The van der Waals surface area contributed by atoms with E-state index < -0.39 is 23.5 Å². The van der Waals surface area contributed by atoms with Crippen LogP contribution in [0.4, 0.5) is 0 Å². The predicted octanol–water partition coefficient (Wildman–Crippen LogP) is 2.33. The Morgan fingerprint density at radius 3 is 2.75 bits per heavy atom. The molecule has 1 unspecified atom stereocenters. The number of nitrogens with zero attached hydrogens (tertiary/aromatic N) is 4. The highest BCUT2D eigenvalue weighted by atomic mass is 16.6. The van der Waals surface area contributed by atoms with Gasteiger partial charge in [0.1, 0.15) is 11.6 Å². The summed E-state index contributed by atoms with van der Waals surface area (Å²) in [7, 11) is 0. The minimum atomic E-state index is -0.896. The first-order chi connectivity index (χ1) is 15.1. The minimum absolute atomic E-state index is 0.00784. The highest BCUT2D eigenvalue weighted by molar-refractivity contribution is 6.01. The van der Waals surface area contributed by atoms with Crippen LogP contribution >= 0.6 is 0 Å². The van der Waals surface area contributed by atoms with Gasteiger partial charge in [0, 0.05) is 36.5 Å². The number of carbonyl (C=O) groups excluding carboxylic acids is 3. The zero-order chi connectivity index (χ0) is 23.0. The van der Waals surface area contributed by atoms with Crippen LogP contribution in [0, 0.1) is 0 Å². The number of ether oxygens (including phenoxy) is 1. The van der Waals surface area contributed by atoms with Gasteiger partial charge in [0.05, 0.1) is 18.1 Å². The first kappa shape index (κ1) is 21.5. The van der Waals surface area contributed by atoms with Gasteiger partial charge in [-0.05, 0) is 44.9 Å². The van der Waals surface area contributed by atoms with Crippen molar-refractivity contribution in [2.24, 2.45) is 5.73 Å². The lowest BCUT2D eigenvalue weighted by atomic mass is 10.0. The molecule has 166 valence electrons. The third kappa shape index (κ3) is 4.18. The van der Waals surface area contributed by atoms with Gasteiger partial charge in [0.2, 0.25) is 5.91 Å². The number of benzene rings is 1. The number of nitrogens with two attached hydrogens (primary N) is 1. The molecule has 0 spiro atoms. The molecule has 0 saturated heterocycles. The molecule has 1 aliphatic rings. The van der Waals surface area contributed by atoms with E-state index >= 15 is 0 Å². The molecule has 4 rings (SSSR count). The first-order valence-corrected chi connectivity index (χ1v) is 10.4. The van der Waals surface area contributed by atoms with Crippen LogP contribution in [0.25, 0.3) is 16.9 Å². The molecule has 0 fully saturated rings. The molecule has 0 radical (unpaired) electrons. The standard InChI is InChI=1S/C23H25N5O4/c1-23(2,3)32-20(29)7-6-17(21(24)30)28-13-15-10-14(4-5-16(15)22(28)31)18-11-26-19-12-25-8-9-27(18)19/h4-5,8-12,17H,6-7,13H2,1-3H3,(H2,24,30). The lowest BCUT2D eigenvalue weighted by Crippen LogP contribution is -2.45. The van der Waals surface area contributed by atoms with Gasteiger partial charge in [-0.2, -0.15) is 0 Å². The third-order valence-electron chi connectivity index (χ3n) is 5.30. The number of esters is 1. The second-order valence-electron chi connectivity index (χ2n) is 8.80. The largest absolute Gasteiger partial charge is 0.460 e. The van der Waals surface area contributed by atoms with Gasteiger partial charge in [0.15, 0.2) is 5.65 Å². The molecule has 9 nitrogen and oxygen atoms in total. The van der Waals surface area contributed by atoms with Crippen molar-refractivity contribution in [1.29, 1.82) is 0 Å². The van der Waals surface area contributed by atoms with Crippen LogP contribution in [-0.2, 0) is 20.9 Å². The molecular formula is C23H25N5O4. The maximum Gasteiger partial charge on any atom is 0.306 e. The Bertz CT molecular complexity index is 1210. The fourth-order valence-corrected chi connectivity index (χ4v) is 3.91. The smallest absolute Gasteiger partial charge is 0.306 e.